The maximum atomic E-state index is 11.2. The first-order chi connectivity index (χ1) is 8.69. The van der Waals surface area contributed by atoms with Gasteiger partial charge in [0.1, 0.15) is 0 Å². The Balaban J connectivity index is 1.69. The van der Waals surface area contributed by atoms with E-state index in [0.29, 0.717) is 24.4 Å². The normalized spacial score (nSPS) is 28.8. The van der Waals surface area contributed by atoms with Crippen molar-refractivity contribution in [1.82, 2.24) is 0 Å². The van der Waals surface area contributed by atoms with Crippen LogP contribution < -0.4 is 0 Å². The fourth-order valence-electron chi connectivity index (χ4n) is 2.53. The van der Waals surface area contributed by atoms with Crippen molar-refractivity contribution in [2.45, 2.75) is 19.8 Å². The Hall–Kier alpha value is -1.72. The third-order valence-electron chi connectivity index (χ3n) is 3.32. The maximum Gasteiger partial charge on any atom is 0.452 e. The van der Waals surface area contributed by atoms with E-state index >= 15 is 0 Å². The van der Waals surface area contributed by atoms with Crippen LogP contribution in [0.1, 0.15) is 19.8 Å². The van der Waals surface area contributed by atoms with Gasteiger partial charge in [0.15, 0.2) is 0 Å². The van der Waals surface area contributed by atoms with Crippen molar-refractivity contribution in [2.75, 3.05) is 13.2 Å². The van der Waals surface area contributed by atoms with Gasteiger partial charge in [-0.1, -0.05) is 22.4 Å². The SMILES string of the molecule is CCOC(=O)/N=N\C(=O)OCC1CC2C=C[C@@H]1C2. The van der Waals surface area contributed by atoms with Gasteiger partial charge >= 0.3 is 12.2 Å². The molecule has 1 saturated carbocycles. The Morgan fingerprint density at radius 3 is 2.44 bits per heavy atom. The summed E-state index contributed by atoms with van der Waals surface area (Å²) in [5, 5.41) is 6.22. The maximum absolute atomic E-state index is 11.2. The first-order valence-corrected chi connectivity index (χ1v) is 6.12. The molecule has 98 valence electrons. The summed E-state index contributed by atoms with van der Waals surface area (Å²) in [7, 11) is 0. The van der Waals surface area contributed by atoms with Gasteiger partial charge in [0, 0.05) is 5.92 Å². The van der Waals surface area contributed by atoms with Crippen molar-refractivity contribution >= 4 is 12.2 Å². The number of azo groups is 1. The molecule has 2 aliphatic rings. The molecular formula is C12H16N2O4. The molecule has 6 heteroatoms. The average Bonchev–Trinajstić information content (AvgIpc) is 2.96. The number of ether oxygens (including phenoxy) is 2. The second kappa shape index (κ2) is 5.75. The lowest BCUT2D eigenvalue weighted by atomic mass is 9.95. The Kier molecular flexibility index (Phi) is 4.07. The lowest BCUT2D eigenvalue weighted by Crippen LogP contribution is -2.16. The summed E-state index contributed by atoms with van der Waals surface area (Å²) >= 11 is 0. The van der Waals surface area contributed by atoms with E-state index in [2.05, 4.69) is 27.1 Å². The van der Waals surface area contributed by atoms with E-state index in [1.165, 1.54) is 0 Å². The number of rotatable bonds is 3. The van der Waals surface area contributed by atoms with Crippen LogP contribution in [0.15, 0.2) is 22.4 Å². The van der Waals surface area contributed by atoms with Crippen molar-refractivity contribution in [2.24, 2.45) is 28.0 Å². The van der Waals surface area contributed by atoms with E-state index in [-0.39, 0.29) is 6.61 Å². The summed E-state index contributed by atoms with van der Waals surface area (Å²) in [5.41, 5.74) is 0. The summed E-state index contributed by atoms with van der Waals surface area (Å²) in [4.78, 5) is 22.0. The Morgan fingerprint density at radius 2 is 1.89 bits per heavy atom. The topological polar surface area (TPSA) is 77.3 Å². The molecule has 0 saturated heterocycles. The zero-order valence-corrected chi connectivity index (χ0v) is 10.2. The van der Waals surface area contributed by atoms with Crippen LogP contribution in [0.4, 0.5) is 9.59 Å². The molecule has 0 heterocycles. The summed E-state index contributed by atoms with van der Waals surface area (Å²) in [6, 6.07) is 0. The number of fused-ring (bicyclic) bond motifs is 2. The fourth-order valence-corrected chi connectivity index (χ4v) is 2.53. The molecule has 0 aromatic carbocycles. The monoisotopic (exact) mass is 252 g/mol. The Bertz CT molecular complexity index is 392. The van der Waals surface area contributed by atoms with Crippen molar-refractivity contribution in [1.29, 1.82) is 0 Å². The minimum atomic E-state index is -0.877. The van der Waals surface area contributed by atoms with Crippen LogP contribution in [0.3, 0.4) is 0 Å². The predicted molar refractivity (Wildman–Crippen MR) is 62.1 cm³/mol. The third kappa shape index (κ3) is 3.15. The minimum Gasteiger partial charge on any atom is -0.447 e. The lowest BCUT2D eigenvalue weighted by Gasteiger charge is -2.16. The van der Waals surface area contributed by atoms with E-state index in [9.17, 15) is 9.59 Å². The molecule has 0 aromatic heterocycles. The molecule has 0 aliphatic heterocycles. The Labute approximate surface area is 105 Å². The van der Waals surface area contributed by atoms with E-state index in [4.69, 9.17) is 4.74 Å². The minimum absolute atomic E-state index is 0.199. The molecule has 18 heavy (non-hydrogen) atoms. The van der Waals surface area contributed by atoms with E-state index < -0.39 is 12.2 Å². The van der Waals surface area contributed by atoms with Crippen LogP contribution in [-0.2, 0) is 9.47 Å². The molecule has 0 spiro atoms. The summed E-state index contributed by atoms with van der Waals surface area (Å²) in [6.45, 7) is 2.19. The first kappa shape index (κ1) is 12.7. The highest BCUT2D eigenvalue weighted by Crippen LogP contribution is 2.43. The summed E-state index contributed by atoms with van der Waals surface area (Å²) < 4.78 is 9.46. The van der Waals surface area contributed by atoms with Crippen LogP contribution in [0.2, 0.25) is 0 Å². The first-order valence-electron chi connectivity index (χ1n) is 6.12. The van der Waals surface area contributed by atoms with Crippen LogP contribution in [0.25, 0.3) is 0 Å². The van der Waals surface area contributed by atoms with Gasteiger partial charge < -0.3 is 9.47 Å². The highest BCUT2D eigenvalue weighted by molar-refractivity contribution is 5.73. The van der Waals surface area contributed by atoms with Crippen LogP contribution in [-0.4, -0.2) is 25.4 Å². The molecule has 1 fully saturated rings. The molecule has 2 amide bonds. The Morgan fingerprint density at radius 1 is 1.17 bits per heavy atom. The van der Waals surface area contributed by atoms with Crippen LogP contribution >= 0.6 is 0 Å². The third-order valence-corrected chi connectivity index (χ3v) is 3.32. The molecular weight excluding hydrogens is 236 g/mol. The van der Waals surface area contributed by atoms with E-state index in [0.717, 1.165) is 12.8 Å². The number of hydrogen-bond donors (Lipinski definition) is 0. The molecule has 0 N–H and O–H groups in total. The lowest BCUT2D eigenvalue weighted by molar-refractivity contribution is 0.126. The van der Waals surface area contributed by atoms with Crippen molar-refractivity contribution in [3.63, 3.8) is 0 Å². The van der Waals surface area contributed by atoms with Gasteiger partial charge in [-0.2, -0.15) is 0 Å². The van der Waals surface area contributed by atoms with E-state index in [1.807, 2.05) is 0 Å². The molecule has 2 aliphatic carbocycles. The standard InChI is InChI=1S/C12H16N2O4/c1-2-17-11(15)13-14-12(16)18-7-10-6-8-3-4-9(10)5-8/h3-4,8-10H,2,5-7H2,1H3/b14-13-/t8?,9-,10?/m1/s1. The van der Waals surface area contributed by atoms with Gasteiger partial charge in [-0.05, 0) is 31.6 Å². The molecule has 2 unspecified atom stereocenters. The number of carbonyl (C=O) groups excluding carboxylic acids is 2. The van der Waals surface area contributed by atoms with Gasteiger partial charge in [0.25, 0.3) is 0 Å². The number of nitrogens with zero attached hydrogens (tertiary/aromatic N) is 2. The van der Waals surface area contributed by atoms with Crippen molar-refractivity contribution in [3.05, 3.63) is 12.2 Å². The smallest absolute Gasteiger partial charge is 0.447 e. The zero-order valence-electron chi connectivity index (χ0n) is 10.2. The van der Waals surface area contributed by atoms with Crippen LogP contribution in [0, 0.1) is 17.8 Å². The largest absolute Gasteiger partial charge is 0.452 e. The fraction of sp³-hybridized carbons (Fsp3) is 0.667. The highest BCUT2D eigenvalue weighted by atomic mass is 16.6. The molecule has 2 bridgehead atoms. The van der Waals surface area contributed by atoms with Crippen molar-refractivity contribution in [3.8, 4) is 0 Å². The van der Waals surface area contributed by atoms with Gasteiger partial charge in [-0.3, -0.25) is 0 Å². The quantitative estimate of drug-likeness (QED) is 0.571. The number of carbonyl (C=O) groups is 2. The number of amides is 2. The van der Waals surface area contributed by atoms with Gasteiger partial charge in [-0.15, -0.1) is 0 Å². The highest BCUT2D eigenvalue weighted by Gasteiger charge is 2.36. The van der Waals surface area contributed by atoms with Crippen molar-refractivity contribution < 1.29 is 19.1 Å². The number of allylic oxidation sites excluding steroid dienone is 2. The molecule has 0 aromatic rings. The average molecular weight is 252 g/mol. The number of hydrogen-bond acceptors (Lipinski definition) is 4. The molecule has 3 atom stereocenters. The molecule has 6 nitrogen and oxygen atoms in total. The molecule has 0 radical (unpaired) electrons. The second-order valence-electron chi connectivity index (χ2n) is 4.52. The van der Waals surface area contributed by atoms with Gasteiger partial charge in [0.05, 0.1) is 13.2 Å². The second-order valence-corrected chi connectivity index (χ2v) is 4.52. The molecule has 2 rings (SSSR count). The van der Waals surface area contributed by atoms with E-state index in [1.54, 1.807) is 6.92 Å². The van der Waals surface area contributed by atoms with Gasteiger partial charge in [-0.25, -0.2) is 9.59 Å². The zero-order chi connectivity index (χ0) is 13.0. The summed E-state index contributed by atoms with van der Waals surface area (Å²) in [6.07, 6.45) is 4.92. The summed E-state index contributed by atoms with van der Waals surface area (Å²) in [5.74, 6) is 1.53. The predicted octanol–water partition coefficient (Wildman–Crippen LogP) is 2.94. The van der Waals surface area contributed by atoms with Crippen LogP contribution in [0.5, 0.6) is 0 Å². The van der Waals surface area contributed by atoms with Gasteiger partial charge in [0.2, 0.25) is 0 Å².